The van der Waals surface area contributed by atoms with Gasteiger partial charge >= 0.3 is 0 Å². The summed E-state index contributed by atoms with van der Waals surface area (Å²) in [7, 11) is 0. The van der Waals surface area contributed by atoms with E-state index in [4.69, 9.17) is 0 Å². The van der Waals surface area contributed by atoms with Crippen molar-refractivity contribution in [3.8, 4) is 0 Å². The van der Waals surface area contributed by atoms with Gasteiger partial charge in [-0.15, -0.1) is 13.1 Å². The van der Waals surface area contributed by atoms with Crippen LogP contribution in [0.5, 0.6) is 0 Å². The Bertz CT molecular complexity index is 114. The van der Waals surface area contributed by atoms with E-state index < -0.39 is 0 Å². The van der Waals surface area contributed by atoms with Crippen LogP contribution in [0.3, 0.4) is 0 Å². The third-order valence-corrected chi connectivity index (χ3v) is 0.972. The van der Waals surface area contributed by atoms with Crippen molar-refractivity contribution in [3.05, 3.63) is 26.5 Å². The van der Waals surface area contributed by atoms with Crippen molar-refractivity contribution in [1.29, 1.82) is 0 Å². The Morgan fingerprint density at radius 2 is 2.20 bits per heavy atom. The van der Waals surface area contributed by atoms with Crippen LogP contribution in [0.15, 0.2) is 12.7 Å². The molecule has 0 aromatic heterocycles. The first kappa shape index (κ1) is 12.8. The van der Waals surface area contributed by atoms with Crippen molar-refractivity contribution >= 4 is 5.91 Å². The van der Waals surface area contributed by atoms with Crippen molar-refractivity contribution in [2.24, 2.45) is 0 Å². The maximum absolute atomic E-state index is 10.5. The smallest absolute Gasteiger partial charge is 0.0801 e. The van der Waals surface area contributed by atoms with Crippen LogP contribution in [0.1, 0.15) is 0 Å². The van der Waals surface area contributed by atoms with Gasteiger partial charge in [0, 0.05) is 39.3 Å². The van der Waals surface area contributed by atoms with Crippen molar-refractivity contribution in [3.63, 3.8) is 0 Å². The number of hydrogen-bond acceptors (Lipinski definition) is 1. The summed E-state index contributed by atoms with van der Waals surface area (Å²) in [6.45, 7) is 11.2. The number of carbonyl (C=O) groups is 1. The third-order valence-electron chi connectivity index (χ3n) is 0.972. The average molecular weight is 214 g/mol. The maximum atomic E-state index is 10.5. The molecule has 0 atom stereocenters. The zero-order chi connectivity index (χ0) is 7.28. The van der Waals surface area contributed by atoms with Crippen LogP contribution in [0.2, 0.25) is 0 Å². The Morgan fingerprint density at radius 3 is 2.30 bits per heavy atom. The Kier molecular flexibility index (Phi) is 9.35. The Balaban J connectivity index is 0. The minimum absolute atomic E-state index is 0. The van der Waals surface area contributed by atoms with E-state index in [0.717, 1.165) is 0 Å². The molecule has 0 fully saturated rings. The molecule has 2 nitrogen and oxygen atoms in total. The molecular weight excluding hydrogens is 203 g/mol. The fourth-order valence-electron chi connectivity index (χ4n) is 0.474. The standard InChI is InChI=1S/C7H11NO.Y/c1-4-6-8(5-2)7(3)9;/h4H,1-3,5-6H2;/q-2;. The SMILES string of the molecule is C=CCN(C[CH2-])C([CH2-])=O.[Y]. The number of carbonyl (C=O) groups excluding carboxylic acids is 1. The second kappa shape index (κ2) is 7.29. The molecule has 3 heteroatoms. The summed E-state index contributed by atoms with van der Waals surface area (Å²) in [4.78, 5) is 12.0. The zero-order valence-corrected chi connectivity index (χ0v) is 8.88. The first-order valence-corrected chi connectivity index (χ1v) is 2.73. The van der Waals surface area contributed by atoms with Crippen LogP contribution in [-0.4, -0.2) is 23.9 Å². The summed E-state index contributed by atoms with van der Waals surface area (Å²) in [5.41, 5.74) is 0. The Morgan fingerprint density at radius 1 is 1.70 bits per heavy atom. The van der Waals surface area contributed by atoms with Crippen LogP contribution in [-0.2, 0) is 37.5 Å². The molecule has 10 heavy (non-hydrogen) atoms. The second-order valence-corrected chi connectivity index (χ2v) is 1.63. The van der Waals surface area contributed by atoms with Crippen LogP contribution >= 0.6 is 0 Å². The Labute approximate surface area is 87.5 Å². The van der Waals surface area contributed by atoms with E-state index in [1.807, 2.05) is 0 Å². The molecule has 0 bridgehead atoms. The molecule has 0 unspecified atom stereocenters. The van der Waals surface area contributed by atoms with Crippen LogP contribution < -0.4 is 0 Å². The van der Waals surface area contributed by atoms with E-state index in [1.165, 1.54) is 4.90 Å². The second-order valence-electron chi connectivity index (χ2n) is 1.63. The van der Waals surface area contributed by atoms with Gasteiger partial charge < -0.3 is 23.5 Å². The monoisotopic (exact) mass is 214 g/mol. The normalized spacial score (nSPS) is 7.70. The van der Waals surface area contributed by atoms with Gasteiger partial charge in [-0.05, 0) is 0 Å². The van der Waals surface area contributed by atoms with Gasteiger partial charge in [-0.1, -0.05) is 6.08 Å². The molecule has 0 spiro atoms. The topological polar surface area (TPSA) is 20.3 Å². The van der Waals surface area contributed by atoms with Gasteiger partial charge in [-0.3, -0.25) is 0 Å². The molecule has 0 aromatic carbocycles. The number of nitrogens with zero attached hydrogens (tertiary/aromatic N) is 1. The Hall–Kier alpha value is 0.184. The molecule has 55 valence electrons. The van der Waals surface area contributed by atoms with Crippen molar-refractivity contribution in [2.45, 2.75) is 0 Å². The first-order valence-electron chi connectivity index (χ1n) is 2.73. The third kappa shape index (κ3) is 5.01. The fourth-order valence-corrected chi connectivity index (χ4v) is 0.474. The van der Waals surface area contributed by atoms with Gasteiger partial charge in [0.2, 0.25) is 0 Å². The first-order chi connectivity index (χ1) is 4.22. The summed E-state index contributed by atoms with van der Waals surface area (Å²) in [6.07, 6.45) is 1.65. The van der Waals surface area contributed by atoms with E-state index in [-0.39, 0.29) is 38.6 Å². The molecule has 0 aromatic rings. The molecule has 0 N–H and O–H groups in total. The fraction of sp³-hybridized carbons (Fsp3) is 0.286. The summed E-state index contributed by atoms with van der Waals surface area (Å²) in [6, 6.07) is 0. The molecular formula is C7H11NOY-2. The molecule has 0 saturated carbocycles. The molecule has 0 aliphatic heterocycles. The predicted molar refractivity (Wildman–Crippen MR) is 37.5 cm³/mol. The average Bonchev–Trinajstić information content (AvgIpc) is 1.82. The number of amides is 1. The van der Waals surface area contributed by atoms with Crippen molar-refractivity contribution < 1.29 is 37.5 Å². The minimum Gasteiger partial charge on any atom is -0.394 e. The van der Waals surface area contributed by atoms with E-state index in [9.17, 15) is 4.79 Å². The quantitative estimate of drug-likeness (QED) is 0.499. The molecule has 0 saturated heterocycles. The predicted octanol–water partition coefficient (Wildman–Crippen LogP) is 0.667. The van der Waals surface area contributed by atoms with Gasteiger partial charge in [0.1, 0.15) is 0 Å². The molecule has 0 rings (SSSR count). The zero-order valence-electron chi connectivity index (χ0n) is 6.05. The summed E-state index contributed by atoms with van der Waals surface area (Å²) in [5.74, 6) is -0.204. The van der Waals surface area contributed by atoms with Gasteiger partial charge in [0.25, 0.3) is 0 Å². The maximum Gasteiger partial charge on any atom is 0.0801 e. The molecule has 1 amide bonds. The van der Waals surface area contributed by atoms with Crippen molar-refractivity contribution in [2.75, 3.05) is 13.1 Å². The van der Waals surface area contributed by atoms with E-state index >= 15 is 0 Å². The number of rotatable bonds is 3. The minimum atomic E-state index is -0.204. The van der Waals surface area contributed by atoms with Crippen LogP contribution in [0.4, 0.5) is 0 Å². The summed E-state index contributed by atoms with van der Waals surface area (Å²) in [5, 5.41) is 0. The van der Waals surface area contributed by atoms with Gasteiger partial charge in [-0.2, -0.15) is 0 Å². The molecule has 0 aliphatic rings. The van der Waals surface area contributed by atoms with E-state index in [1.54, 1.807) is 6.08 Å². The van der Waals surface area contributed by atoms with Crippen LogP contribution in [0.25, 0.3) is 0 Å². The largest absolute Gasteiger partial charge is 0.394 e. The molecule has 0 heterocycles. The van der Waals surface area contributed by atoms with Gasteiger partial charge in [0.05, 0.1) is 5.91 Å². The summed E-state index contributed by atoms with van der Waals surface area (Å²) >= 11 is 0. The van der Waals surface area contributed by atoms with Gasteiger partial charge in [-0.25, -0.2) is 0 Å². The van der Waals surface area contributed by atoms with E-state index in [0.29, 0.717) is 13.1 Å². The molecule has 0 aliphatic carbocycles. The van der Waals surface area contributed by atoms with Crippen molar-refractivity contribution in [1.82, 2.24) is 4.90 Å². The summed E-state index contributed by atoms with van der Waals surface area (Å²) < 4.78 is 0. The van der Waals surface area contributed by atoms with E-state index in [2.05, 4.69) is 20.4 Å². The van der Waals surface area contributed by atoms with Crippen LogP contribution in [0, 0.1) is 13.8 Å². The number of hydrogen-bond donors (Lipinski definition) is 0. The molecule has 1 radical (unpaired) electrons. The van der Waals surface area contributed by atoms with Gasteiger partial charge in [0.15, 0.2) is 0 Å².